The molecule has 1 aliphatic heterocycles. The van der Waals surface area contributed by atoms with Crippen LogP contribution in [-0.4, -0.2) is 35.4 Å². The van der Waals surface area contributed by atoms with Crippen LogP contribution in [0.15, 0.2) is 22.9 Å². The van der Waals surface area contributed by atoms with E-state index in [1.54, 1.807) is 16.7 Å². The number of nitrogens with one attached hydrogen (secondary N) is 1. The monoisotopic (exact) mass is 408 g/mol. The van der Waals surface area contributed by atoms with E-state index in [-0.39, 0.29) is 36.8 Å². The molecule has 1 saturated heterocycles. The highest BCUT2D eigenvalue weighted by Gasteiger charge is 2.25. The summed E-state index contributed by atoms with van der Waals surface area (Å²) < 4.78 is 0. The van der Waals surface area contributed by atoms with E-state index in [1.165, 1.54) is 29.1 Å². The van der Waals surface area contributed by atoms with Gasteiger partial charge in [0.05, 0.1) is 6.04 Å². The molecule has 0 saturated carbocycles. The van der Waals surface area contributed by atoms with Crippen molar-refractivity contribution in [1.29, 1.82) is 0 Å². The quantitative estimate of drug-likeness (QED) is 0.769. The van der Waals surface area contributed by atoms with Crippen molar-refractivity contribution in [3.05, 3.63) is 38.5 Å². The van der Waals surface area contributed by atoms with E-state index >= 15 is 0 Å². The molecule has 1 aliphatic rings. The zero-order valence-electron chi connectivity index (χ0n) is 13.1. The van der Waals surface area contributed by atoms with Gasteiger partial charge < -0.3 is 11.1 Å². The number of likely N-dealkylation sites (tertiary alicyclic amines) is 1. The zero-order valence-corrected chi connectivity index (χ0v) is 16.4. The summed E-state index contributed by atoms with van der Waals surface area (Å²) in [7, 11) is 0. The van der Waals surface area contributed by atoms with Gasteiger partial charge >= 0.3 is 0 Å². The van der Waals surface area contributed by atoms with E-state index in [0.29, 0.717) is 18.8 Å². The lowest BCUT2D eigenvalue weighted by Gasteiger charge is -2.26. The van der Waals surface area contributed by atoms with E-state index in [4.69, 9.17) is 5.73 Å². The Hall–Kier alpha value is -0.700. The molecule has 0 spiro atoms. The van der Waals surface area contributed by atoms with Crippen molar-refractivity contribution < 1.29 is 4.79 Å². The van der Waals surface area contributed by atoms with E-state index in [2.05, 4.69) is 32.7 Å². The number of amides is 1. The third kappa shape index (κ3) is 5.15. The molecular weight excluding hydrogens is 387 g/mol. The van der Waals surface area contributed by atoms with E-state index in [0.717, 1.165) is 18.1 Å². The summed E-state index contributed by atoms with van der Waals surface area (Å²) in [5, 5.41) is 7.69. The van der Waals surface area contributed by atoms with Gasteiger partial charge in [0.15, 0.2) is 0 Å². The van der Waals surface area contributed by atoms with Crippen molar-refractivity contribution in [3.8, 4) is 0 Å². The van der Waals surface area contributed by atoms with E-state index in [1.807, 2.05) is 0 Å². The van der Waals surface area contributed by atoms with Crippen LogP contribution in [0.4, 0.5) is 0 Å². The van der Waals surface area contributed by atoms with Crippen LogP contribution in [0.2, 0.25) is 0 Å². The lowest BCUT2D eigenvalue weighted by Crippen LogP contribution is -2.36. The average Bonchev–Trinajstić information content (AvgIpc) is 3.29. The fourth-order valence-corrected chi connectivity index (χ4v) is 4.25. The van der Waals surface area contributed by atoms with Gasteiger partial charge in [0.25, 0.3) is 5.91 Å². The van der Waals surface area contributed by atoms with Crippen LogP contribution in [0.25, 0.3) is 0 Å². The van der Waals surface area contributed by atoms with E-state index in [9.17, 15) is 4.79 Å². The fraction of sp³-hybridized carbons (Fsp3) is 0.467. The number of hydrogen-bond acceptors (Lipinski definition) is 6. The topological polar surface area (TPSA) is 71.2 Å². The number of aromatic nitrogens is 1. The maximum atomic E-state index is 12.2. The van der Waals surface area contributed by atoms with Gasteiger partial charge in [-0.1, -0.05) is 6.07 Å². The second-order valence-electron chi connectivity index (χ2n) is 5.31. The first-order chi connectivity index (χ1) is 10.8. The Morgan fingerprint density at radius 2 is 2.08 bits per heavy atom. The molecule has 5 nitrogen and oxygen atoms in total. The number of carbonyl (C=O) groups excluding carboxylic acids is 1. The largest absolute Gasteiger partial charge is 0.349 e. The number of hydrogen-bond donors (Lipinski definition) is 2. The molecular formula is C15H22Cl2N4OS2. The zero-order chi connectivity index (χ0) is 15.4. The lowest BCUT2D eigenvalue weighted by atomic mass is 10.2. The summed E-state index contributed by atoms with van der Waals surface area (Å²) >= 11 is 3.18. The molecule has 0 aliphatic carbocycles. The van der Waals surface area contributed by atoms with Gasteiger partial charge in [-0.25, -0.2) is 4.98 Å². The third-order valence-corrected chi connectivity index (χ3v) is 5.71. The summed E-state index contributed by atoms with van der Waals surface area (Å²) in [4.78, 5) is 20.2. The van der Waals surface area contributed by atoms with Crippen molar-refractivity contribution in [2.24, 2.45) is 5.73 Å². The van der Waals surface area contributed by atoms with Gasteiger partial charge in [0.1, 0.15) is 10.7 Å². The minimum atomic E-state index is -0.114. The Morgan fingerprint density at radius 3 is 2.67 bits per heavy atom. The van der Waals surface area contributed by atoms with Gasteiger partial charge in [0, 0.05) is 23.3 Å². The predicted molar refractivity (Wildman–Crippen MR) is 105 cm³/mol. The molecule has 24 heavy (non-hydrogen) atoms. The maximum Gasteiger partial charge on any atom is 0.270 e. The Labute approximate surface area is 162 Å². The Morgan fingerprint density at radius 1 is 1.33 bits per heavy atom. The lowest BCUT2D eigenvalue weighted by molar-refractivity contribution is 0.0934. The van der Waals surface area contributed by atoms with E-state index < -0.39 is 0 Å². The van der Waals surface area contributed by atoms with Crippen LogP contribution in [0.5, 0.6) is 0 Å². The highest BCUT2D eigenvalue weighted by Crippen LogP contribution is 2.27. The van der Waals surface area contributed by atoms with Gasteiger partial charge in [-0.15, -0.1) is 47.5 Å². The first kappa shape index (κ1) is 21.3. The number of rotatable bonds is 6. The van der Waals surface area contributed by atoms with Crippen molar-refractivity contribution in [3.63, 3.8) is 0 Å². The molecule has 2 aromatic rings. The minimum Gasteiger partial charge on any atom is -0.349 e. The van der Waals surface area contributed by atoms with Crippen LogP contribution >= 0.6 is 47.5 Å². The summed E-state index contributed by atoms with van der Waals surface area (Å²) in [6.45, 7) is 3.21. The van der Waals surface area contributed by atoms with Crippen LogP contribution in [0.3, 0.4) is 0 Å². The molecule has 1 atom stereocenters. The fourth-order valence-electron chi connectivity index (χ4n) is 2.73. The average molecular weight is 409 g/mol. The summed E-state index contributed by atoms with van der Waals surface area (Å²) in [5.74, 6) is -0.114. The standard InChI is InChI=1S/C15H20N4OS2.2ClH/c16-8-14-18-11(10-22-14)15(20)17-9-12(13-4-3-7-21-13)19-5-1-2-6-19;;/h3-4,7,10,12H,1-2,5-6,8-9,16H2,(H,17,20);2*1H. The second kappa shape index (κ2) is 10.3. The van der Waals surface area contributed by atoms with Gasteiger partial charge in [0.2, 0.25) is 0 Å². The van der Waals surface area contributed by atoms with Crippen molar-refractivity contribution in [2.45, 2.75) is 25.4 Å². The van der Waals surface area contributed by atoms with Crippen LogP contribution in [0, 0.1) is 0 Å². The van der Waals surface area contributed by atoms with Gasteiger partial charge in [-0.05, 0) is 37.4 Å². The Balaban J connectivity index is 0.00000144. The van der Waals surface area contributed by atoms with Crippen LogP contribution in [0.1, 0.15) is 39.3 Å². The molecule has 9 heteroatoms. The van der Waals surface area contributed by atoms with Crippen molar-refractivity contribution >= 4 is 53.4 Å². The number of nitrogens with zero attached hydrogens (tertiary/aromatic N) is 2. The second-order valence-corrected chi connectivity index (χ2v) is 7.24. The van der Waals surface area contributed by atoms with Gasteiger partial charge in [-0.3, -0.25) is 9.69 Å². The molecule has 1 fully saturated rings. The summed E-state index contributed by atoms with van der Waals surface area (Å²) in [5.41, 5.74) is 6.01. The summed E-state index contributed by atoms with van der Waals surface area (Å²) in [6.07, 6.45) is 2.48. The summed E-state index contributed by atoms with van der Waals surface area (Å²) in [6, 6.07) is 4.48. The molecule has 2 aromatic heterocycles. The molecule has 3 heterocycles. The van der Waals surface area contributed by atoms with Crippen LogP contribution < -0.4 is 11.1 Å². The molecule has 1 amide bonds. The first-order valence-electron chi connectivity index (χ1n) is 7.48. The first-order valence-corrected chi connectivity index (χ1v) is 9.24. The molecule has 0 bridgehead atoms. The van der Waals surface area contributed by atoms with Crippen molar-refractivity contribution in [2.75, 3.05) is 19.6 Å². The van der Waals surface area contributed by atoms with Gasteiger partial charge in [-0.2, -0.15) is 0 Å². The Bertz CT molecular complexity index is 615. The molecule has 0 radical (unpaired) electrons. The van der Waals surface area contributed by atoms with Crippen LogP contribution in [-0.2, 0) is 6.54 Å². The SMILES string of the molecule is Cl.Cl.NCc1nc(C(=O)NCC(c2cccs2)N2CCCC2)cs1. The molecule has 1 unspecified atom stereocenters. The van der Waals surface area contributed by atoms with Crippen molar-refractivity contribution in [1.82, 2.24) is 15.2 Å². The number of thiazole rings is 1. The minimum absolute atomic E-state index is 0. The molecule has 3 N–H and O–H groups in total. The molecule has 3 rings (SSSR count). The number of carbonyl (C=O) groups is 1. The Kier molecular flexibility index (Phi) is 9.18. The highest BCUT2D eigenvalue weighted by atomic mass is 35.5. The smallest absolute Gasteiger partial charge is 0.270 e. The number of halogens is 2. The maximum absolute atomic E-state index is 12.2. The molecule has 0 aromatic carbocycles. The number of thiophene rings is 1. The highest BCUT2D eigenvalue weighted by molar-refractivity contribution is 7.10. The third-order valence-electron chi connectivity index (χ3n) is 3.87. The predicted octanol–water partition coefficient (Wildman–Crippen LogP) is 3.07. The normalized spacial score (nSPS) is 15.4. The molecule has 134 valence electrons. The number of nitrogens with two attached hydrogens (primary N) is 1.